The molecule has 0 spiro atoms. The van der Waals surface area contributed by atoms with Crippen LogP contribution >= 0.6 is 23.8 Å². The molecule has 3 rings (SSSR count). The van der Waals surface area contributed by atoms with Crippen LogP contribution < -0.4 is 0 Å². The topological polar surface area (TPSA) is 38.8 Å². The summed E-state index contributed by atoms with van der Waals surface area (Å²) in [7, 11) is 0. The number of carbonyl (C=O) groups is 1. The van der Waals surface area contributed by atoms with Crippen LogP contribution in [0.2, 0.25) is 5.02 Å². The van der Waals surface area contributed by atoms with Gasteiger partial charge in [-0.15, -0.1) is 0 Å². The first-order valence-corrected chi connectivity index (χ1v) is 9.67. The first-order valence-electron chi connectivity index (χ1n) is 8.59. The number of hydrogen-bond acceptors (Lipinski definition) is 4. The van der Waals surface area contributed by atoms with Crippen LogP contribution in [0, 0.1) is 5.82 Å². The zero-order valence-electron chi connectivity index (χ0n) is 15.4. The van der Waals surface area contributed by atoms with E-state index >= 15 is 0 Å². The zero-order chi connectivity index (χ0) is 19.6. The van der Waals surface area contributed by atoms with Gasteiger partial charge in [0, 0.05) is 10.6 Å². The zero-order valence-corrected chi connectivity index (χ0v) is 16.9. The fraction of sp³-hybridized carbons (Fsp3) is 0.350. The molecule has 4 nitrogen and oxygen atoms in total. The van der Waals surface area contributed by atoms with Gasteiger partial charge in [-0.25, -0.2) is 13.5 Å². The van der Waals surface area contributed by atoms with Crippen molar-refractivity contribution >= 4 is 29.9 Å². The van der Waals surface area contributed by atoms with E-state index in [1.54, 1.807) is 6.07 Å². The third kappa shape index (κ3) is 5.15. The van der Waals surface area contributed by atoms with Gasteiger partial charge in [-0.1, -0.05) is 35.9 Å². The molecule has 1 aliphatic heterocycles. The summed E-state index contributed by atoms with van der Waals surface area (Å²) < 4.78 is 26.3. The molecule has 0 aromatic heterocycles. The highest BCUT2D eigenvalue weighted by Crippen LogP contribution is 2.30. The Labute approximate surface area is 167 Å². The predicted octanol–water partition coefficient (Wildman–Crippen LogP) is 5.89. The Morgan fingerprint density at radius 3 is 2.67 bits per heavy atom. The summed E-state index contributed by atoms with van der Waals surface area (Å²) >= 11 is 6.99. The Kier molecular flexibility index (Phi) is 5.99. The van der Waals surface area contributed by atoms with Crippen molar-refractivity contribution in [2.75, 3.05) is 6.61 Å². The lowest BCUT2D eigenvalue weighted by Gasteiger charge is -2.25. The second-order valence-corrected chi connectivity index (χ2v) is 8.56. The van der Waals surface area contributed by atoms with E-state index in [0.29, 0.717) is 23.6 Å². The highest BCUT2D eigenvalue weighted by molar-refractivity contribution is 7.93. The number of benzene rings is 2. The van der Waals surface area contributed by atoms with Crippen LogP contribution in [0.1, 0.15) is 26.3 Å². The van der Waals surface area contributed by atoms with E-state index in [-0.39, 0.29) is 11.9 Å². The molecule has 0 radical (unpaired) electrons. The van der Waals surface area contributed by atoms with Gasteiger partial charge < -0.3 is 4.74 Å². The average molecular weight is 410 g/mol. The number of carbonyl (C=O) groups excluding carboxylic acids is 1. The number of halogens is 2. The maximum atomic E-state index is 14.0. The van der Waals surface area contributed by atoms with Crippen LogP contribution in [0.3, 0.4) is 0 Å². The van der Waals surface area contributed by atoms with E-state index in [1.165, 1.54) is 16.4 Å². The number of nitrogens with zero attached hydrogens (tertiary/aromatic N) is 1. The monoisotopic (exact) mass is 409 g/mol. The number of amides is 1. The second-order valence-electron chi connectivity index (χ2n) is 7.34. The summed E-state index contributed by atoms with van der Waals surface area (Å²) in [6, 6.07) is 11.9. The molecule has 1 atom stereocenters. The van der Waals surface area contributed by atoms with E-state index in [2.05, 4.69) is 0 Å². The number of rotatable bonds is 3. The minimum absolute atomic E-state index is 0.126. The fourth-order valence-electron chi connectivity index (χ4n) is 2.73. The van der Waals surface area contributed by atoms with Crippen LogP contribution in [-0.2, 0) is 15.3 Å². The summed E-state index contributed by atoms with van der Waals surface area (Å²) in [5.74, 6) is -0.316. The van der Waals surface area contributed by atoms with Crippen LogP contribution in [0.4, 0.5) is 9.18 Å². The molecule has 0 bridgehead atoms. The molecule has 0 aliphatic carbocycles. The van der Waals surface area contributed by atoms with Gasteiger partial charge in [0.2, 0.25) is 0 Å². The highest BCUT2D eigenvalue weighted by atomic mass is 35.5. The van der Waals surface area contributed by atoms with Crippen molar-refractivity contribution in [3.05, 3.63) is 58.9 Å². The van der Waals surface area contributed by atoms with Crippen molar-refractivity contribution in [1.82, 2.24) is 4.31 Å². The molecular weight excluding hydrogens is 389 g/mol. The number of hydrogen-bond donors (Lipinski definition) is 0. The Morgan fingerprint density at radius 1 is 1.30 bits per heavy atom. The van der Waals surface area contributed by atoms with Crippen molar-refractivity contribution in [3.63, 3.8) is 0 Å². The lowest BCUT2D eigenvalue weighted by molar-refractivity contribution is 0.0368. The van der Waals surface area contributed by atoms with Gasteiger partial charge in [0.25, 0.3) is 0 Å². The molecule has 0 N–H and O–H groups in total. The molecule has 1 amide bonds. The molecule has 0 unspecified atom stereocenters. The van der Waals surface area contributed by atoms with Gasteiger partial charge in [-0.3, -0.25) is 4.18 Å². The Bertz CT molecular complexity index is 823. The third-order valence-corrected chi connectivity index (χ3v) is 5.05. The van der Waals surface area contributed by atoms with Crippen molar-refractivity contribution in [2.24, 2.45) is 0 Å². The molecule has 2 aromatic carbocycles. The van der Waals surface area contributed by atoms with Gasteiger partial charge in [0.05, 0.1) is 12.6 Å². The van der Waals surface area contributed by atoms with Crippen molar-refractivity contribution < 1.29 is 18.1 Å². The lowest BCUT2D eigenvalue weighted by atomic mass is 10.0. The molecule has 1 heterocycles. The molecule has 27 heavy (non-hydrogen) atoms. The lowest BCUT2D eigenvalue weighted by Crippen LogP contribution is -2.38. The van der Waals surface area contributed by atoms with Crippen LogP contribution in [0.5, 0.6) is 0 Å². The Balaban J connectivity index is 1.70. The van der Waals surface area contributed by atoms with E-state index in [9.17, 15) is 9.18 Å². The van der Waals surface area contributed by atoms with E-state index in [0.717, 1.165) is 23.4 Å². The maximum absolute atomic E-state index is 14.0. The summed E-state index contributed by atoms with van der Waals surface area (Å²) in [5, 5.41) is 0.489. The second kappa shape index (κ2) is 8.09. The van der Waals surface area contributed by atoms with E-state index in [4.69, 9.17) is 20.5 Å². The van der Waals surface area contributed by atoms with Crippen LogP contribution in [-0.4, -0.2) is 28.6 Å². The largest absolute Gasteiger partial charge is 0.443 e. The molecule has 2 aromatic rings. The quantitative estimate of drug-likeness (QED) is 0.468. The van der Waals surface area contributed by atoms with Gasteiger partial charge >= 0.3 is 6.09 Å². The van der Waals surface area contributed by atoms with Crippen LogP contribution in [0.15, 0.2) is 42.5 Å². The maximum Gasteiger partial charge on any atom is 0.422 e. The van der Waals surface area contributed by atoms with E-state index < -0.39 is 11.7 Å². The SMILES string of the molecule is CC(C)(C)OC(=O)N1SOC[C@H]1Cc1ccc(-c2cc(Cl)ccc2F)cc1. The third-order valence-electron chi connectivity index (χ3n) is 3.96. The van der Waals surface area contributed by atoms with Gasteiger partial charge in [-0.05, 0) is 56.5 Å². The van der Waals surface area contributed by atoms with E-state index in [1.807, 2.05) is 45.0 Å². The molecule has 144 valence electrons. The van der Waals surface area contributed by atoms with Gasteiger partial charge in [-0.2, -0.15) is 0 Å². The highest BCUT2D eigenvalue weighted by Gasteiger charge is 2.34. The standard InChI is InChI=1S/C20H21ClFNO3S/c1-20(2,3)26-19(24)23-16(12-25-27-23)10-13-4-6-14(7-5-13)17-11-15(21)8-9-18(17)22/h4-9,11,16H,10,12H2,1-3H3/t16-/m1/s1. The molecule has 0 saturated carbocycles. The molecule has 1 saturated heterocycles. The average Bonchev–Trinajstić information content (AvgIpc) is 3.05. The first-order chi connectivity index (χ1) is 12.7. The Hall–Kier alpha value is -1.76. The summed E-state index contributed by atoms with van der Waals surface area (Å²) in [6.45, 7) is 5.91. The Morgan fingerprint density at radius 2 is 2.00 bits per heavy atom. The normalized spacial score (nSPS) is 17.2. The molecule has 1 fully saturated rings. The summed E-state index contributed by atoms with van der Waals surface area (Å²) in [5.41, 5.74) is 1.67. The molecule has 7 heteroatoms. The van der Waals surface area contributed by atoms with Gasteiger partial charge in [0.1, 0.15) is 23.6 Å². The smallest absolute Gasteiger partial charge is 0.422 e. The first kappa shape index (κ1) is 20.0. The van der Waals surface area contributed by atoms with Crippen molar-refractivity contribution in [3.8, 4) is 11.1 Å². The summed E-state index contributed by atoms with van der Waals surface area (Å²) in [6.07, 6.45) is 0.206. The summed E-state index contributed by atoms with van der Waals surface area (Å²) in [4.78, 5) is 12.3. The van der Waals surface area contributed by atoms with Crippen molar-refractivity contribution in [2.45, 2.75) is 38.8 Å². The minimum Gasteiger partial charge on any atom is -0.443 e. The minimum atomic E-state index is -0.562. The van der Waals surface area contributed by atoms with Gasteiger partial charge in [0.15, 0.2) is 0 Å². The fourth-order valence-corrected chi connectivity index (χ4v) is 3.59. The van der Waals surface area contributed by atoms with Crippen molar-refractivity contribution in [1.29, 1.82) is 0 Å². The molecule has 1 aliphatic rings. The van der Waals surface area contributed by atoms with Crippen LogP contribution in [0.25, 0.3) is 11.1 Å². The molecular formula is C20H21ClFNO3S. The number of ether oxygens (including phenoxy) is 1. The predicted molar refractivity (Wildman–Crippen MR) is 106 cm³/mol.